The quantitative estimate of drug-likeness (QED) is 0.426. The van der Waals surface area contributed by atoms with E-state index < -0.39 is 0 Å². The molecule has 166 valence electrons. The van der Waals surface area contributed by atoms with E-state index in [4.69, 9.17) is 9.47 Å². The van der Waals surface area contributed by atoms with Crippen molar-refractivity contribution in [3.05, 3.63) is 65.2 Å². The van der Waals surface area contributed by atoms with E-state index >= 15 is 0 Å². The maximum absolute atomic E-state index is 12.4. The van der Waals surface area contributed by atoms with E-state index in [-0.39, 0.29) is 12.0 Å². The number of hydrogen-bond donors (Lipinski definition) is 3. The van der Waals surface area contributed by atoms with Gasteiger partial charge < -0.3 is 25.4 Å². The lowest BCUT2D eigenvalue weighted by Crippen LogP contribution is -2.38. The van der Waals surface area contributed by atoms with Gasteiger partial charge in [-0.3, -0.25) is 9.79 Å². The third-order valence-electron chi connectivity index (χ3n) is 5.25. The van der Waals surface area contributed by atoms with Crippen LogP contribution in [0.25, 0.3) is 0 Å². The normalized spacial score (nSPS) is 16.1. The third-order valence-corrected chi connectivity index (χ3v) is 5.25. The highest BCUT2D eigenvalue weighted by atomic mass is 16.5. The maximum atomic E-state index is 12.4. The summed E-state index contributed by atoms with van der Waals surface area (Å²) >= 11 is 0. The first-order valence-corrected chi connectivity index (χ1v) is 10.7. The molecule has 1 fully saturated rings. The van der Waals surface area contributed by atoms with Crippen LogP contribution in [0.1, 0.15) is 34.3 Å². The Kier molecular flexibility index (Phi) is 8.72. The van der Waals surface area contributed by atoms with Crippen LogP contribution in [0.5, 0.6) is 5.75 Å². The zero-order chi connectivity index (χ0) is 21.9. The van der Waals surface area contributed by atoms with Gasteiger partial charge in [0.15, 0.2) is 5.96 Å². The van der Waals surface area contributed by atoms with Gasteiger partial charge in [-0.1, -0.05) is 24.3 Å². The second kappa shape index (κ2) is 12.0. The van der Waals surface area contributed by atoms with Gasteiger partial charge in [0, 0.05) is 38.9 Å². The van der Waals surface area contributed by atoms with Crippen molar-refractivity contribution < 1.29 is 14.3 Å². The molecule has 3 N–H and O–H groups in total. The molecule has 0 bridgehead atoms. The average Bonchev–Trinajstić information content (AvgIpc) is 3.34. The van der Waals surface area contributed by atoms with E-state index in [0.717, 1.165) is 49.7 Å². The van der Waals surface area contributed by atoms with Crippen molar-refractivity contribution in [1.29, 1.82) is 0 Å². The molecule has 7 nitrogen and oxygen atoms in total. The standard InChI is InChI=1S/C24H32N4O3/c1-25-24(26-13-12-18-8-10-21(30-2)11-9-18)28-16-19-5-3-6-20(15-19)23(29)27-17-22-7-4-14-31-22/h3,5-6,8-11,15,22H,4,7,12-14,16-17H2,1-2H3,(H,27,29)(H2,25,26,28). The Morgan fingerprint density at radius 3 is 2.68 bits per heavy atom. The number of amides is 1. The van der Waals surface area contributed by atoms with Crippen LogP contribution in [0.2, 0.25) is 0 Å². The number of rotatable bonds is 9. The van der Waals surface area contributed by atoms with Gasteiger partial charge in [0.2, 0.25) is 0 Å². The molecular weight excluding hydrogens is 392 g/mol. The number of nitrogens with zero attached hydrogens (tertiary/aromatic N) is 1. The number of ether oxygens (including phenoxy) is 2. The number of aliphatic imine (C=N–C) groups is 1. The zero-order valence-electron chi connectivity index (χ0n) is 18.3. The summed E-state index contributed by atoms with van der Waals surface area (Å²) in [7, 11) is 3.41. The number of carbonyl (C=O) groups is 1. The molecule has 1 aliphatic heterocycles. The number of carbonyl (C=O) groups excluding carboxylic acids is 1. The smallest absolute Gasteiger partial charge is 0.251 e. The van der Waals surface area contributed by atoms with Crippen molar-refractivity contribution in [1.82, 2.24) is 16.0 Å². The monoisotopic (exact) mass is 424 g/mol. The van der Waals surface area contributed by atoms with Gasteiger partial charge in [-0.25, -0.2) is 0 Å². The van der Waals surface area contributed by atoms with E-state index in [1.165, 1.54) is 5.56 Å². The van der Waals surface area contributed by atoms with E-state index in [1.54, 1.807) is 14.2 Å². The van der Waals surface area contributed by atoms with Crippen LogP contribution >= 0.6 is 0 Å². The Morgan fingerprint density at radius 2 is 1.97 bits per heavy atom. The summed E-state index contributed by atoms with van der Waals surface area (Å²) in [6.45, 7) is 2.69. The minimum absolute atomic E-state index is 0.0700. The van der Waals surface area contributed by atoms with Crippen LogP contribution < -0.4 is 20.7 Å². The highest BCUT2D eigenvalue weighted by molar-refractivity contribution is 5.94. The molecular formula is C24H32N4O3. The lowest BCUT2D eigenvalue weighted by molar-refractivity contribution is 0.0857. The maximum Gasteiger partial charge on any atom is 0.251 e. The molecule has 1 heterocycles. The second-order valence-electron chi connectivity index (χ2n) is 7.50. The second-order valence-corrected chi connectivity index (χ2v) is 7.50. The highest BCUT2D eigenvalue weighted by Crippen LogP contribution is 2.12. The van der Waals surface area contributed by atoms with Crippen molar-refractivity contribution >= 4 is 11.9 Å². The van der Waals surface area contributed by atoms with Crippen LogP contribution in [0, 0.1) is 0 Å². The van der Waals surface area contributed by atoms with Crippen molar-refractivity contribution in [2.75, 3.05) is 33.9 Å². The molecule has 2 aromatic carbocycles. The summed E-state index contributed by atoms with van der Waals surface area (Å²) in [6, 6.07) is 15.7. The largest absolute Gasteiger partial charge is 0.497 e. The zero-order valence-corrected chi connectivity index (χ0v) is 18.3. The minimum atomic E-state index is -0.0700. The lowest BCUT2D eigenvalue weighted by Gasteiger charge is -2.13. The van der Waals surface area contributed by atoms with Gasteiger partial charge in [-0.05, 0) is 54.7 Å². The molecule has 1 aliphatic rings. The number of hydrogen-bond acceptors (Lipinski definition) is 4. The van der Waals surface area contributed by atoms with Crippen LogP contribution in [0.15, 0.2) is 53.5 Å². The fraction of sp³-hybridized carbons (Fsp3) is 0.417. The van der Waals surface area contributed by atoms with E-state index in [1.807, 2.05) is 36.4 Å². The predicted octanol–water partition coefficient (Wildman–Crippen LogP) is 2.51. The van der Waals surface area contributed by atoms with E-state index in [9.17, 15) is 4.79 Å². The first-order chi connectivity index (χ1) is 15.2. The molecule has 0 aliphatic carbocycles. The van der Waals surface area contributed by atoms with Crippen LogP contribution in [-0.4, -0.2) is 51.8 Å². The Balaban J connectivity index is 1.43. The molecule has 1 unspecified atom stereocenters. The van der Waals surface area contributed by atoms with Crippen molar-refractivity contribution in [2.24, 2.45) is 4.99 Å². The van der Waals surface area contributed by atoms with Gasteiger partial charge in [0.05, 0.1) is 13.2 Å². The van der Waals surface area contributed by atoms with Crippen molar-refractivity contribution in [3.8, 4) is 5.75 Å². The van der Waals surface area contributed by atoms with Gasteiger partial charge in [0.25, 0.3) is 5.91 Å². The molecule has 1 saturated heterocycles. The molecule has 7 heteroatoms. The first-order valence-electron chi connectivity index (χ1n) is 10.7. The third kappa shape index (κ3) is 7.29. The summed E-state index contributed by atoms with van der Waals surface area (Å²) in [5.74, 6) is 1.51. The van der Waals surface area contributed by atoms with Crippen molar-refractivity contribution in [3.63, 3.8) is 0 Å². The van der Waals surface area contributed by atoms with E-state index in [2.05, 4.69) is 33.1 Å². The highest BCUT2D eigenvalue weighted by Gasteiger charge is 2.16. The fourth-order valence-corrected chi connectivity index (χ4v) is 3.46. The summed E-state index contributed by atoms with van der Waals surface area (Å²) in [6.07, 6.45) is 3.10. The molecule has 0 saturated carbocycles. The summed E-state index contributed by atoms with van der Waals surface area (Å²) in [5.41, 5.74) is 2.90. The Hall–Kier alpha value is -3.06. The number of methoxy groups -OCH3 is 1. The fourth-order valence-electron chi connectivity index (χ4n) is 3.46. The molecule has 0 radical (unpaired) electrons. The van der Waals surface area contributed by atoms with Crippen LogP contribution in [0.4, 0.5) is 0 Å². The van der Waals surface area contributed by atoms with Gasteiger partial charge in [-0.2, -0.15) is 0 Å². The topological polar surface area (TPSA) is 84.0 Å². The Bertz CT molecular complexity index is 861. The molecule has 0 spiro atoms. The Morgan fingerprint density at radius 1 is 1.13 bits per heavy atom. The van der Waals surface area contributed by atoms with E-state index in [0.29, 0.717) is 18.7 Å². The summed E-state index contributed by atoms with van der Waals surface area (Å²) < 4.78 is 10.7. The lowest BCUT2D eigenvalue weighted by atomic mass is 10.1. The van der Waals surface area contributed by atoms with Crippen LogP contribution in [-0.2, 0) is 17.7 Å². The SMILES string of the molecule is CN=C(NCCc1ccc(OC)cc1)NCc1cccc(C(=O)NCC2CCCO2)c1. The van der Waals surface area contributed by atoms with Gasteiger partial charge >= 0.3 is 0 Å². The predicted molar refractivity (Wildman–Crippen MR) is 123 cm³/mol. The Labute approximate surface area is 184 Å². The number of guanidine groups is 1. The molecule has 1 amide bonds. The van der Waals surface area contributed by atoms with Gasteiger partial charge in [0.1, 0.15) is 5.75 Å². The minimum Gasteiger partial charge on any atom is -0.497 e. The molecule has 2 aromatic rings. The first kappa shape index (κ1) is 22.6. The molecule has 3 rings (SSSR count). The van der Waals surface area contributed by atoms with Gasteiger partial charge in [-0.15, -0.1) is 0 Å². The van der Waals surface area contributed by atoms with Crippen molar-refractivity contribution in [2.45, 2.75) is 31.9 Å². The number of nitrogens with one attached hydrogen (secondary N) is 3. The summed E-state index contributed by atoms with van der Waals surface area (Å²) in [4.78, 5) is 16.7. The summed E-state index contributed by atoms with van der Waals surface area (Å²) in [5, 5.41) is 9.59. The number of benzene rings is 2. The van der Waals surface area contributed by atoms with Crippen LogP contribution in [0.3, 0.4) is 0 Å². The average molecular weight is 425 g/mol. The molecule has 1 atom stereocenters. The molecule has 0 aromatic heterocycles. The molecule has 31 heavy (non-hydrogen) atoms.